The highest BCUT2D eigenvalue weighted by atomic mass is 35.5. The number of nitro groups is 1. The van der Waals surface area contributed by atoms with Crippen molar-refractivity contribution in [3.8, 4) is 0 Å². The van der Waals surface area contributed by atoms with E-state index in [1.165, 1.54) is 16.3 Å². The van der Waals surface area contributed by atoms with Gasteiger partial charge in [0.25, 0.3) is 0 Å². The Balaban J connectivity index is 1.69. The van der Waals surface area contributed by atoms with Crippen molar-refractivity contribution in [3.05, 3.63) is 67.0 Å². The Bertz CT molecular complexity index is 1060. The lowest BCUT2D eigenvalue weighted by atomic mass is 10.2. The van der Waals surface area contributed by atoms with Crippen molar-refractivity contribution in [1.29, 1.82) is 0 Å². The summed E-state index contributed by atoms with van der Waals surface area (Å²) in [5.74, 6) is -0.311. The van der Waals surface area contributed by atoms with Crippen LogP contribution in [0.4, 0.5) is 11.5 Å². The summed E-state index contributed by atoms with van der Waals surface area (Å²) in [7, 11) is 0. The molecular weight excluding hydrogens is 431 g/mol. The van der Waals surface area contributed by atoms with E-state index in [4.69, 9.17) is 34.8 Å². The van der Waals surface area contributed by atoms with Gasteiger partial charge in [0, 0.05) is 16.2 Å². The van der Waals surface area contributed by atoms with Crippen LogP contribution in [0.15, 0.2) is 30.6 Å². The summed E-state index contributed by atoms with van der Waals surface area (Å²) in [4.78, 5) is 22.5. The van der Waals surface area contributed by atoms with Gasteiger partial charge in [0.2, 0.25) is 5.91 Å². The molecule has 0 fully saturated rings. The maximum atomic E-state index is 12.2. The molecule has 2 aromatic heterocycles. The van der Waals surface area contributed by atoms with Crippen molar-refractivity contribution in [2.45, 2.75) is 20.0 Å². The van der Waals surface area contributed by atoms with Crippen LogP contribution < -0.4 is 5.32 Å². The third kappa shape index (κ3) is 4.44. The molecule has 0 saturated carbocycles. The zero-order valence-electron chi connectivity index (χ0n) is 14.4. The molecule has 28 heavy (non-hydrogen) atoms. The molecule has 0 radical (unpaired) electrons. The van der Waals surface area contributed by atoms with Crippen LogP contribution >= 0.6 is 34.8 Å². The number of anilines is 1. The van der Waals surface area contributed by atoms with Gasteiger partial charge in [-0.1, -0.05) is 40.9 Å². The van der Waals surface area contributed by atoms with Gasteiger partial charge in [-0.2, -0.15) is 10.2 Å². The number of rotatable bonds is 6. The fraction of sp³-hybridized carbons (Fsp3) is 0.188. The molecule has 0 bridgehead atoms. The average molecular weight is 444 g/mol. The van der Waals surface area contributed by atoms with Crippen LogP contribution in [0, 0.1) is 17.0 Å². The second-order valence-corrected chi connectivity index (χ2v) is 7.09. The average Bonchev–Trinajstić information content (AvgIpc) is 3.13. The molecule has 0 aliphatic carbocycles. The Hall–Kier alpha value is -2.62. The van der Waals surface area contributed by atoms with Gasteiger partial charge in [-0.3, -0.25) is 24.3 Å². The molecule has 1 aromatic carbocycles. The van der Waals surface area contributed by atoms with Crippen molar-refractivity contribution in [1.82, 2.24) is 19.6 Å². The lowest BCUT2D eigenvalue weighted by Crippen LogP contribution is -2.21. The number of hydrogen-bond donors (Lipinski definition) is 1. The molecule has 1 N–H and O–H groups in total. The zero-order valence-corrected chi connectivity index (χ0v) is 16.7. The van der Waals surface area contributed by atoms with Crippen LogP contribution in [-0.2, 0) is 17.9 Å². The van der Waals surface area contributed by atoms with E-state index >= 15 is 0 Å². The molecule has 3 aromatic rings. The maximum Gasteiger partial charge on any atom is 0.309 e. The maximum absolute atomic E-state index is 12.2. The number of aromatic nitrogens is 4. The summed E-state index contributed by atoms with van der Waals surface area (Å²) in [6.45, 7) is 1.62. The Morgan fingerprint density at radius 2 is 2.04 bits per heavy atom. The smallest absolute Gasteiger partial charge is 0.306 e. The molecule has 0 unspecified atom stereocenters. The van der Waals surface area contributed by atoms with E-state index in [1.54, 1.807) is 24.4 Å². The first-order valence-corrected chi connectivity index (χ1v) is 9.01. The third-order valence-electron chi connectivity index (χ3n) is 3.89. The highest BCUT2D eigenvalue weighted by molar-refractivity contribution is 6.35. The van der Waals surface area contributed by atoms with Gasteiger partial charge in [0.05, 0.1) is 11.5 Å². The minimum absolute atomic E-state index is 0.157. The van der Waals surface area contributed by atoms with Crippen LogP contribution in [-0.4, -0.2) is 30.4 Å². The fourth-order valence-corrected chi connectivity index (χ4v) is 3.14. The topological polar surface area (TPSA) is 108 Å². The number of nitrogens with zero attached hydrogens (tertiary/aromatic N) is 5. The van der Waals surface area contributed by atoms with Crippen LogP contribution in [0.25, 0.3) is 0 Å². The normalized spacial score (nSPS) is 10.9. The molecule has 0 spiro atoms. The van der Waals surface area contributed by atoms with Gasteiger partial charge < -0.3 is 5.32 Å². The quantitative estimate of drug-likeness (QED) is 0.458. The first-order chi connectivity index (χ1) is 13.2. The van der Waals surface area contributed by atoms with E-state index in [9.17, 15) is 14.9 Å². The lowest BCUT2D eigenvalue weighted by Gasteiger charge is -2.06. The van der Waals surface area contributed by atoms with E-state index in [1.807, 2.05) is 0 Å². The lowest BCUT2D eigenvalue weighted by molar-refractivity contribution is -0.385. The van der Waals surface area contributed by atoms with Crippen molar-refractivity contribution in [2.75, 3.05) is 5.32 Å². The third-order valence-corrected chi connectivity index (χ3v) is 4.75. The first kappa shape index (κ1) is 20.1. The van der Waals surface area contributed by atoms with Gasteiger partial charge >= 0.3 is 5.69 Å². The van der Waals surface area contributed by atoms with E-state index in [2.05, 4.69) is 15.5 Å². The Morgan fingerprint density at radius 1 is 1.29 bits per heavy atom. The summed E-state index contributed by atoms with van der Waals surface area (Å²) < 4.78 is 2.75. The zero-order chi connectivity index (χ0) is 20.4. The molecule has 9 nitrogen and oxygen atoms in total. The highest BCUT2D eigenvalue weighted by Crippen LogP contribution is 2.24. The molecule has 2 heterocycles. The highest BCUT2D eigenvalue weighted by Gasteiger charge is 2.19. The number of halogens is 3. The summed E-state index contributed by atoms with van der Waals surface area (Å²) in [5.41, 5.74) is 0.895. The number of amides is 1. The molecule has 0 aliphatic rings. The molecular formula is C16H13Cl3N6O3. The molecule has 12 heteroatoms. The molecule has 1 amide bonds. The number of carbonyl (C=O) groups is 1. The van der Waals surface area contributed by atoms with Crippen LogP contribution in [0.2, 0.25) is 15.1 Å². The van der Waals surface area contributed by atoms with Crippen molar-refractivity contribution in [3.63, 3.8) is 0 Å². The van der Waals surface area contributed by atoms with Crippen molar-refractivity contribution < 1.29 is 9.72 Å². The molecule has 0 atom stereocenters. The minimum Gasteiger partial charge on any atom is -0.306 e. The van der Waals surface area contributed by atoms with Crippen LogP contribution in [0.5, 0.6) is 0 Å². The molecule has 3 rings (SSSR count). The van der Waals surface area contributed by atoms with Gasteiger partial charge in [-0.15, -0.1) is 0 Å². The number of carbonyl (C=O) groups excluding carboxylic acids is 1. The molecule has 146 valence electrons. The molecule has 0 aliphatic heterocycles. The summed E-state index contributed by atoms with van der Waals surface area (Å²) >= 11 is 18.2. The van der Waals surface area contributed by atoms with Gasteiger partial charge in [0.15, 0.2) is 5.82 Å². The summed E-state index contributed by atoms with van der Waals surface area (Å²) in [6.07, 6.45) is 2.65. The number of hydrogen-bond acceptors (Lipinski definition) is 5. The minimum atomic E-state index is -0.558. The number of nitrogens with one attached hydrogen (secondary N) is 1. The van der Waals surface area contributed by atoms with Crippen molar-refractivity contribution in [2.24, 2.45) is 0 Å². The predicted molar refractivity (Wildman–Crippen MR) is 105 cm³/mol. The van der Waals surface area contributed by atoms with Gasteiger partial charge in [-0.05, 0) is 24.6 Å². The van der Waals surface area contributed by atoms with Gasteiger partial charge in [0.1, 0.15) is 23.5 Å². The largest absolute Gasteiger partial charge is 0.309 e. The SMILES string of the molecule is Cc1c([N+](=O)[O-])cnn1CC(=O)Nc1nn(Cc2ccc(Cl)cc2Cl)cc1Cl. The van der Waals surface area contributed by atoms with Crippen LogP contribution in [0.3, 0.4) is 0 Å². The van der Waals surface area contributed by atoms with Crippen LogP contribution in [0.1, 0.15) is 11.3 Å². The van der Waals surface area contributed by atoms with E-state index in [0.717, 1.165) is 11.8 Å². The summed E-state index contributed by atoms with van der Waals surface area (Å²) in [6, 6.07) is 5.10. The van der Waals surface area contributed by atoms with Crippen molar-refractivity contribution >= 4 is 52.2 Å². The van der Waals surface area contributed by atoms with E-state index < -0.39 is 10.8 Å². The molecule has 0 saturated heterocycles. The van der Waals surface area contributed by atoms with E-state index in [-0.39, 0.29) is 28.8 Å². The standard InChI is InChI=1S/C16H13Cl3N6O3/c1-9-14(25(27)28)5-20-24(9)8-15(26)21-16-13(19)7-23(22-16)6-10-2-3-11(17)4-12(10)18/h2-5,7H,6,8H2,1H3,(H,21,22,26). The Kier molecular flexibility index (Phi) is 5.87. The number of benzene rings is 1. The second kappa shape index (κ2) is 8.17. The second-order valence-electron chi connectivity index (χ2n) is 5.84. The summed E-state index contributed by atoms with van der Waals surface area (Å²) in [5, 5.41) is 22.7. The Morgan fingerprint density at radius 3 is 2.68 bits per heavy atom. The first-order valence-electron chi connectivity index (χ1n) is 7.88. The predicted octanol–water partition coefficient (Wildman–Crippen LogP) is 3.94. The monoisotopic (exact) mass is 442 g/mol. The fourth-order valence-electron chi connectivity index (χ4n) is 2.47. The van der Waals surface area contributed by atoms with Gasteiger partial charge in [-0.25, -0.2) is 0 Å². The van der Waals surface area contributed by atoms with E-state index in [0.29, 0.717) is 16.6 Å². The Labute approximate surface area is 173 Å².